The lowest BCUT2D eigenvalue weighted by molar-refractivity contribution is -0.0963. The number of carbonyl (C=O) groups excluding carboxylic acids is 1. The molecule has 0 unspecified atom stereocenters. The molecule has 0 atom stereocenters. The number of para-hydroxylation sites is 1. The predicted molar refractivity (Wildman–Crippen MR) is 102 cm³/mol. The number of carbonyl (C=O) groups is 1. The van der Waals surface area contributed by atoms with Crippen molar-refractivity contribution < 1.29 is 9.53 Å². The van der Waals surface area contributed by atoms with Crippen molar-refractivity contribution in [1.29, 1.82) is 0 Å². The lowest BCUT2D eigenvalue weighted by atomic mass is 9.83. The fraction of sp³-hybridized carbons (Fsp3) is 0.333. The first-order valence-corrected chi connectivity index (χ1v) is 9.59. The fourth-order valence-corrected chi connectivity index (χ4v) is 4.15. The molecule has 4 heterocycles. The SMILES string of the molecule is O=C(c1ccncn1)N1CCC2(CC1)OCCc1cn(-c3ccccc3)nc12. The van der Waals surface area contributed by atoms with Crippen LogP contribution in [0.5, 0.6) is 0 Å². The number of hydrogen-bond acceptors (Lipinski definition) is 5. The summed E-state index contributed by atoms with van der Waals surface area (Å²) < 4.78 is 8.22. The van der Waals surface area contributed by atoms with Crippen molar-refractivity contribution in [2.75, 3.05) is 19.7 Å². The lowest BCUT2D eigenvalue weighted by Gasteiger charge is -2.42. The normalized spacial score (nSPS) is 18.1. The van der Waals surface area contributed by atoms with E-state index in [2.05, 4.69) is 28.3 Å². The fourth-order valence-electron chi connectivity index (χ4n) is 4.15. The van der Waals surface area contributed by atoms with E-state index in [1.54, 1.807) is 12.3 Å². The summed E-state index contributed by atoms with van der Waals surface area (Å²) in [5, 5.41) is 4.89. The van der Waals surface area contributed by atoms with Crippen LogP contribution in [-0.2, 0) is 16.8 Å². The van der Waals surface area contributed by atoms with Crippen LogP contribution in [0.1, 0.15) is 34.6 Å². The second kappa shape index (κ2) is 6.83. The first-order valence-electron chi connectivity index (χ1n) is 9.59. The van der Waals surface area contributed by atoms with E-state index in [1.807, 2.05) is 27.8 Å². The Morgan fingerprint density at radius 2 is 1.93 bits per heavy atom. The predicted octanol–water partition coefficient (Wildman–Crippen LogP) is 2.37. The summed E-state index contributed by atoms with van der Waals surface area (Å²) in [5.74, 6) is -0.0527. The molecule has 3 aromatic rings. The molecule has 28 heavy (non-hydrogen) atoms. The quantitative estimate of drug-likeness (QED) is 0.688. The van der Waals surface area contributed by atoms with Crippen LogP contribution in [0, 0.1) is 0 Å². The Bertz CT molecular complexity index is 979. The monoisotopic (exact) mass is 375 g/mol. The molecule has 0 bridgehead atoms. The minimum atomic E-state index is -0.407. The van der Waals surface area contributed by atoms with Crippen LogP contribution in [0.4, 0.5) is 0 Å². The van der Waals surface area contributed by atoms with Gasteiger partial charge in [0.1, 0.15) is 17.6 Å². The van der Waals surface area contributed by atoms with Crippen molar-refractivity contribution in [3.8, 4) is 5.69 Å². The number of fused-ring (bicyclic) bond motifs is 2. The van der Waals surface area contributed by atoms with Crippen molar-refractivity contribution in [3.63, 3.8) is 0 Å². The number of piperidine rings is 1. The number of ether oxygens (including phenoxy) is 1. The molecule has 1 fully saturated rings. The summed E-state index contributed by atoms with van der Waals surface area (Å²) in [6.45, 7) is 1.94. The van der Waals surface area contributed by atoms with Crippen molar-refractivity contribution >= 4 is 5.91 Å². The van der Waals surface area contributed by atoms with Gasteiger partial charge in [0.25, 0.3) is 5.91 Å². The summed E-state index contributed by atoms with van der Waals surface area (Å²) in [6.07, 6.45) is 7.47. The molecule has 1 amide bonds. The Hall–Kier alpha value is -3.06. The second-order valence-corrected chi connectivity index (χ2v) is 7.26. The summed E-state index contributed by atoms with van der Waals surface area (Å²) in [7, 11) is 0. The Balaban J connectivity index is 1.38. The molecule has 7 heteroatoms. The Kier molecular flexibility index (Phi) is 4.16. The summed E-state index contributed by atoms with van der Waals surface area (Å²) in [5.41, 5.74) is 3.34. The number of hydrogen-bond donors (Lipinski definition) is 0. The third-order valence-corrected chi connectivity index (χ3v) is 5.65. The van der Waals surface area contributed by atoms with Crippen molar-refractivity contribution in [1.82, 2.24) is 24.6 Å². The van der Waals surface area contributed by atoms with Crippen LogP contribution in [0.3, 0.4) is 0 Å². The minimum Gasteiger partial charge on any atom is -0.368 e. The highest BCUT2D eigenvalue weighted by atomic mass is 16.5. The van der Waals surface area contributed by atoms with Crippen LogP contribution in [0.2, 0.25) is 0 Å². The first-order chi connectivity index (χ1) is 13.8. The van der Waals surface area contributed by atoms with E-state index in [0.717, 1.165) is 30.6 Å². The number of aromatic nitrogens is 4. The molecule has 0 N–H and O–H groups in total. The average Bonchev–Trinajstić information content (AvgIpc) is 3.21. The Morgan fingerprint density at radius 1 is 1.11 bits per heavy atom. The van der Waals surface area contributed by atoms with E-state index < -0.39 is 5.60 Å². The van der Waals surface area contributed by atoms with Gasteiger partial charge >= 0.3 is 0 Å². The van der Waals surface area contributed by atoms with E-state index in [9.17, 15) is 4.79 Å². The first kappa shape index (κ1) is 17.1. The van der Waals surface area contributed by atoms with Gasteiger partial charge in [0.15, 0.2) is 0 Å². The Labute approximate surface area is 163 Å². The van der Waals surface area contributed by atoms with Crippen molar-refractivity contribution in [2.45, 2.75) is 24.9 Å². The molecule has 1 saturated heterocycles. The third kappa shape index (κ3) is 2.88. The summed E-state index contributed by atoms with van der Waals surface area (Å²) in [4.78, 5) is 22.5. The zero-order chi connectivity index (χ0) is 19.0. The summed E-state index contributed by atoms with van der Waals surface area (Å²) in [6, 6.07) is 11.8. The van der Waals surface area contributed by atoms with Crippen molar-refractivity contribution in [3.05, 3.63) is 72.1 Å². The highest BCUT2D eigenvalue weighted by molar-refractivity contribution is 5.92. The zero-order valence-electron chi connectivity index (χ0n) is 15.5. The van der Waals surface area contributed by atoms with Crippen LogP contribution < -0.4 is 0 Å². The van der Waals surface area contributed by atoms with Gasteiger partial charge in [-0.3, -0.25) is 4.79 Å². The number of rotatable bonds is 2. The highest BCUT2D eigenvalue weighted by Crippen LogP contribution is 2.41. The smallest absolute Gasteiger partial charge is 0.272 e. The molecule has 142 valence electrons. The van der Waals surface area contributed by atoms with E-state index >= 15 is 0 Å². The summed E-state index contributed by atoms with van der Waals surface area (Å²) >= 11 is 0. The molecule has 1 aromatic carbocycles. The maximum absolute atomic E-state index is 12.7. The van der Waals surface area contributed by atoms with Gasteiger partial charge in [0.2, 0.25) is 0 Å². The van der Waals surface area contributed by atoms with Crippen LogP contribution in [-0.4, -0.2) is 50.3 Å². The van der Waals surface area contributed by atoms with Gasteiger partial charge in [-0.2, -0.15) is 5.10 Å². The van der Waals surface area contributed by atoms with Crippen LogP contribution in [0.15, 0.2) is 55.1 Å². The van der Waals surface area contributed by atoms with Gasteiger partial charge in [-0.05, 0) is 43.0 Å². The van der Waals surface area contributed by atoms with Gasteiger partial charge in [-0.15, -0.1) is 0 Å². The van der Waals surface area contributed by atoms with Crippen molar-refractivity contribution in [2.24, 2.45) is 0 Å². The topological polar surface area (TPSA) is 73.1 Å². The van der Waals surface area contributed by atoms with Gasteiger partial charge in [0.05, 0.1) is 18.0 Å². The minimum absolute atomic E-state index is 0.0527. The number of benzene rings is 1. The molecule has 0 aliphatic carbocycles. The maximum atomic E-state index is 12.7. The molecule has 0 radical (unpaired) electrons. The van der Waals surface area contributed by atoms with Gasteiger partial charge < -0.3 is 9.64 Å². The zero-order valence-corrected chi connectivity index (χ0v) is 15.5. The van der Waals surface area contributed by atoms with Gasteiger partial charge in [0, 0.05) is 25.5 Å². The van der Waals surface area contributed by atoms with Gasteiger partial charge in [-0.25, -0.2) is 14.6 Å². The molecular weight excluding hydrogens is 354 g/mol. The molecule has 7 nitrogen and oxygen atoms in total. The van der Waals surface area contributed by atoms with E-state index in [4.69, 9.17) is 9.84 Å². The van der Waals surface area contributed by atoms with Gasteiger partial charge in [-0.1, -0.05) is 18.2 Å². The molecule has 2 aliphatic rings. The standard InChI is InChI=1S/C21H21N5O2/c27-20(18-6-10-22-15-23-18)25-11-8-21(9-12-25)19-16(7-13-28-21)14-26(24-19)17-4-2-1-3-5-17/h1-6,10,14-15H,7-9,11-13H2. The average molecular weight is 375 g/mol. The largest absolute Gasteiger partial charge is 0.368 e. The van der Waals surface area contributed by atoms with E-state index in [-0.39, 0.29) is 5.91 Å². The van der Waals surface area contributed by atoms with Crippen LogP contribution >= 0.6 is 0 Å². The second-order valence-electron chi connectivity index (χ2n) is 7.26. The molecule has 2 aromatic heterocycles. The van der Waals surface area contributed by atoms with Crippen LogP contribution in [0.25, 0.3) is 5.69 Å². The van der Waals surface area contributed by atoms with E-state index in [0.29, 0.717) is 25.4 Å². The van der Waals surface area contributed by atoms with E-state index in [1.165, 1.54) is 11.9 Å². The number of amides is 1. The number of nitrogens with zero attached hydrogens (tertiary/aromatic N) is 5. The number of likely N-dealkylation sites (tertiary alicyclic amines) is 1. The molecular formula is C21H21N5O2. The molecule has 1 spiro atoms. The highest BCUT2D eigenvalue weighted by Gasteiger charge is 2.44. The lowest BCUT2D eigenvalue weighted by Crippen LogP contribution is -2.48. The Morgan fingerprint density at radius 3 is 2.68 bits per heavy atom. The molecule has 0 saturated carbocycles. The third-order valence-electron chi connectivity index (χ3n) is 5.65. The molecule has 2 aliphatic heterocycles. The molecule has 5 rings (SSSR count). The maximum Gasteiger partial charge on any atom is 0.272 e.